The summed E-state index contributed by atoms with van der Waals surface area (Å²) in [6.45, 7) is 4.22. The SMILES string of the molecule is COCC1(CN(C)c2cc(-c3cnc(C4CC4)c(C(F)(F)F)c3)nc3nc(-c4cnc(N5CCN(OC(C)=O)CC5)c(F)c4)[nH]c23)CCCC1. The molecule has 0 radical (unpaired) electrons. The Morgan fingerprint density at radius 2 is 1.76 bits per heavy atom. The van der Waals surface area contributed by atoms with Crippen LogP contribution in [-0.4, -0.2) is 89.4 Å². The largest absolute Gasteiger partial charge is 0.418 e. The number of anilines is 2. The highest BCUT2D eigenvalue weighted by atomic mass is 19.4. The third-order valence-corrected chi connectivity index (χ3v) is 9.91. The molecule has 1 N–H and O–H groups in total. The maximum atomic E-state index is 15.6. The van der Waals surface area contributed by atoms with Crippen molar-refractivity contribution in [2.45, 2.75) is 57.5 Å². The van der Waals surface area contributed by atoms with Gasteiger partial charge < -0.3 is 24.4 Å². The minimum absolute atomic E-state index is 0.0775. The second-order valence-electron chi connectivity index (χ2n) is 13.8. The Labute approximate surface area is 287 Å². The maximum Gasteiger partial charge on any atom is 0.418 e. The number of carbonyl (C=O) groups excluding carboxylic acids is 1. The van der Waals surface area contributed by atoms with E-state index in [4.69, 9.17) is 19.5 Å². The average Bonchev–Trinajstić information content (AvgIpc) is 3.67. The van der Waals surface area contributed by atoms with Crippen molar-refractivity contribution in [2.24, 2.45) is 5.41 Å². The molecule has 2 saturated carbocycles. The van der Waals surface area contributed by atoms with E-state index in [1.807, 2.05) is 7.05 Å². The highest BCUT2D eigenvalue weighted by Gasteiger charge is 2.40. The molecule has 11 nitrogen and oxygen atoms in total. The van der Waals surface area contributed by atoms with Crippen molar-refractivity contribution in [3.63, 3.8) is 0 Å². The van der Waals surface area contributed by atoms with E-state index in [-0.39, 0.29) is 34.1 Å². The zero-order valence-corrected chi connectivity index (χ0v) is 28.3. The molecule has 266 valence electrons. The summed E-state index contributed by atoms with van der Waals surface area (Å²) in [7, 11) is 3.64. The normalized spacial score (nSPS) is 18.2. The van der Waals surface area contributed by atoms with Crippen molar-refractivity contribution in [1.82, 2.24) is 30.0 Å². The van der Waals surface area contributed by atoms with Crippen molar-refractivity contribution in [3.8, 4) is 22.6 Å². The second-order valence-corrected chi connectivity index (χ2v) is 13.8. The first-order valence-corrected chi connectivity index (χ1v) is 17.0. The summed E-state index contributed by atoms with van der Waals surface area (Å²) in [6, 6.07) is 4.26. The molecule has 0 aromatic carbocycles. The third-order valence-electron chi connectivity index (χ3n) is 9.91. The topological polar surface area (TPSA) is 113 Å². The van der Waals surface area contributed by atoms with Gasteiger partial charge in [0.15, 0.2) is 17.3 Å². The van der Waals surface area contributed by atoms with Gasteiger partial charge in [-0.25, -0.2) is 19.3 Å². The van der Waals surface area contributed by atoms with E-state index in [0.29, 0.717) is 80.5 Å². The Bertz CT molecular complexity index is 1880. The number of hydrogen-bond donors (Lipinski definition) is 1. The average molecular weight is 697 g/mol. The van der Waals surface area contributed by atoms with Crippen molar-refractivity contribution in [1.29, 1.82) is 0 Å². The number of aromatic nitrogens is 5. The molecule has 50 heavy (non-hydrogen) atoms. The number of fused-ring (bicyclic) bond motifs is 1. The van der Waals surface area contributed by atoms with E-state index in [2.05, 4.69) is 19.9 Å². The fourth-order valence-electron chi connectivity index (χ4n) is 7.42. The molecular weight excluding hydrogens is 656 g/mol. The van der Waals surface area contributed by atoms with Crippen LogP contribution in [0.5, 0.6) is 0 Å². The van der Waals surface area contributed by atoms with Crippen LogP contribution in [0.4, 0.5) is 29.1 Å². The number of methoxy groups -OCH3 is 1. The van der Waals surface area contributed by atoms with Crippen LogP contribution in [0, 0.1) is 11.2 Å². The molecule has 0 bridgehead atoms. The first-order chi connectivity index (χ1) is 23.9. The van der Waals surface area contributed by atoms with E-state index < -0.39 is 23.5 Å². The fraction of sp³-hybridized carbons (Fsp3) is 0.514. The number of piperazine rings is 1. The van der Waals surface area contributed by atoms with Gasteiger partial charge in [0.25, 0.3) is 0 Å². The Morgan fingerprint density at radius 1 is 1.04 bits per heavy atom. The van der Waals surface area contributed by atoms with Crippen LogP contribution >= 0.6 is 0 Å². The zero-order chi connectivity index (χ0) is 35.2. The number of carbonyl (C=O) groups is 1. The molecule has 1 aliphatic heterocycles. The molecule has 3 fully saturated rings. The molecule has 1 saturated heterocycles. The lowest BCUT2D eigenvalue weighted by atomic mass is 9.86. The smallest absolute Gasteiger partial charge is 0.384 e. The van der Waals surface area contributed by atoms with Gasteiger partial charge in [0.2, 0.25) is 0 Å². The monoisotopic (exact) mass is 696 g/mol. The molecule has 0 atom stereocenters. The number of H-pyrrole nitrogens is 1. The summed E-state index contributed by atoms with van der Waals surface area (Å²) < 4.78 is 63.8. The zero-order valence-electron chi connectivity index (χ0n) is 28.3. The Hall–Kier alpha value is -4.37. The van der Waals surface area contributed by atoms with E-state index >= 15 is 4.39 Å². The summed E-state index contributed by atoms with van der Waals surface area (Å²) in [6.07, 6.45) is 4.00. The lowest BCUT2D eigenvalue weighted by Crippen LogP contribution is -2.47. The van der Waals surface area contributed by atoms with Crippen LogP contribution < -0.4 is 9.80 Å². The van der Waals surface area contributed by atoms with Gasteiger partial charge in [0.05, 0.1) is 42.3 Å². The highest BCUT2D eigenvalue weighted by Crippen LogP contribution is 2.46. The molecule has 4 aromatic rings. The van der Waals surface area contributed by atoms with Gasteiger partial charge in [-0.15, -0.1) is 5.06 Å². The summed E-state index contributed by atoms with van der Waals surface area (Å²) in [5.41, 5.74) is 1.73. The summed E-state index contributed by atoms with van der Waals surface area (Å²) in [5, 5.41) is 1.54. The van der Waals surface area contributed by atoms with Crippen LogP contribution in [0.25, 0.3) is 33.8 Å². The number of alkyl halides is 3. The van der Waals surface area contributed by atoms with Crippen LogP contribution in [-0.2, 0) is 20.5 Å². The van der Waals surface area contributed by atoms with Crippen molar-refractivity contribution < 1.29 is 31.9 Å². The number of nitrogens with zero attached hydrogens (tertiary/aromatic N) is 7. The predicted molar refractivity (Wildman–Crippen MR) is 179 cm³/mol. The van der Waals surface area contributed by atoms with Gasteiger partial charge in [0, 0.05) is 75.6 Å². The Balaban J connectivity index is 1.25. The van der Waals surface area contributed by atoms with Crippen LogP contribution in [0.3, 0.4) is 0 Å². The predicted octanol–water partition coefficient (Wildman–Crippen LogP) is 6.36. The number of nitrogens with one attached hydrogen (secondary N) is 1. The molecule has 2 aliphatic carbocycles. The van der Waals surface area contributed by atoms with Crippen molar-refractivity contribution >= 4 is 28.6 Å². The lowest BCUT2D eigenvalue weighted by molar-refractivity contribution is -0.188. The molecule has 0 amide bonds. The van der Waals surface area contributed by atoms with Crippen LogP contribution in [0.15, 0.2) is 30.6 Å². The number of pyridine rings is 3. The van der Waals surface area contributed by atoms with Crippen LogP contribution in [0.1, 0.15) is 62.6 Å². The maximum absolute atomic E-state index is 15.6. The van der Waals surface area contributed by atoms with Gasteiger partial charge in [-0.1, -0.05) is 12.8 Å². The van der Waals surface area contributed by atoms with Gasteiger partial charge in [-0.2, -0.15) is 13.2 Å². The minimum atomic E-state index is -4.56. The van der Waals surface area contributed by atoms with E-state index in [1.54, 1.807) is 23.1 Å². The van der Waals surface area contributed by atoms with Gasteiger partial charge in [-0.3, -0.25) is 9.78 Å². The van der Waals surface area contributed by atoms with Crippen molar-refractivity contribution in [3.05, 3.63) is 47.7 Å². The standard InChI is InChI=1S/C35H40F4N8O3/c1-21(48)50-47-12-10-46(11-13-47)33-26(36)15-24(18-41-33)31-43-30-28(45(2)19-34(20-49-3)8-4-5-9-34)16-27(42-32(30)44-31)23-14-25(35(37,38)39)29(40-17-23)22-6-7-22/h14-18,22H,4-13,19-20H2,1-3H3,(H,42,43,44). The number of ether oxygens (including phenoxy) is 1. The van der Waals surface area contributed by atoms with E-state index in [0.717, 1.165) is 31.7 Å². The number of rotatable bonds is 10. The molecule has 3 aliphatic rings. The number of imidazole rings is 1. The second kappa shape index (κ2) is 13.4. The highest BCUT2D eigenvalue weighted by molar-refractivity contribution is 5.91. The molecule has 4 aromatic heterocycles. The number of hydrogen-bond acceptors (Lipinski definition) is 10. The van der Waals surface area contributed by atoms with E-state index in [1.165, 1.54) is 25.4 Å². The number of aromatic amines is 1. The summed E-state index contributed by atoms with van der Waals surface area (Å²) in [4.78, 5) is 41.7. The molecule has 7 rings (SSSR count). The minimum Gasteiger partial charge on any atom is -0.384 e. The van der Waals surface area contributed by atoms with Gasteiger partial charge >= 0.3 is 12.1 Å². The lowest BCUT2D eigenvalue weighted by Gasteiger charge is -2.34. The molecule has 5 heterocycles. The number of hydroxylamine groups is 2. The molecule has 0 spiro atoms. The quantitative estimate of drug-likeness (QED) is 0.188. The van der Waals surface area contributed by atoms with Gasteiger partial charge in [-0.05, 0) is 43.9 Å². The number of halogens is 4. The molecular formula is C35H40F4N8O3. The summed E-state index contributed by atoms with van der Waals surface area (Å²) >= 11 is 0. The van der Waals surface area contributed by atoms with Crippen molar-refractivity contribution in [2.75, 3.05) is 63.3 Å². The Morgan fingerprint density at radius 3 is 2.40 bits per heavy atom. The Kier molecular flexibility index (Phi) is 9.14. The van der Waals surface area contributed by atoms with Crippen LogP contribution in [0.2, 0.25) is 0 Å². The van der Waals surface area contributed by atoms with E-state index in [9.17, 15) is 18.0 Å². The third kappa shape index (κ3) is 6.97. The summed E-state index contributed by atoms with van der Waals surface area (Å²) in [5.74, 6) is -0.630. The van der Waals surface area contributed by atoms with Gasteiger partial charge in [0.1, 0.15) is 11.3 Å². The first kappa shape index (κ1) is 34.1. The molecule has 0 unspecified atom stereocenters. The fourth-order valence-corrected chi connectivity index (χ4v) is 7.42. The first-order valence-electron chi connectivity index (χ1n) is 17.0. The molecule has 15 heteroatoms.